The highest BCUT2D eigenvalue weighted by Gasteiger charge is 2.12. The minimum absolute atomic E-state index is 0.250. The van der Waals surface area contributed by atoms with Gasteiger partial charge in [0, 0.05) is 22.3 Å². The van der Waals surface area contributed by atoms with Gasteiger partial charge in [0.2, 0.25) is 0 Å². The molecular formula is C16H18BrNO3. The maximum atomic E-state index is 9.29. The van der Waals surface area contributed by atoms with Gasteiger partial charge in [-0.1, -0.05) is 15.9 Å². The van der Waals surface area contributed by atoms with Crippen LogP contribution in [0.4, 0.5) is 5.69 Å². The molecule has 0 amide bonds. The average Bonchev–Trinajstić information content (AvgIpc) is 2.48. The van der Waals surface area contributed by atoms with Crippen molar-refractivity contribution in [3.63, 3.8) is 0 Å². The van der Waals surface area contributed by atoms with Gasteiger partial charge in [-0.3, -0.25) is 0 Å². The molecule has 0 bridgehead atoms. The summed E-state index contributed by atoms with van der Waals surface area (Å²) in [5.74, 6) is 1.70. The second-order valence-corrected chi connectivity index (χ2v) is 5.35. The Morgan fingerprint density at radius 1 is 1.19 bits per heavy atom. The molecule has 5 heteroatoms. The molecule has 0 unspecified atom stereocenters. The number of anilines is 1. The summed E-state index contributed by atoms with van der Waals surface area (Å²) in [5.41, 5.74) is 1.92. The Morgan fingerprint density at radius 2 is 1.90 bits per heavy atom. The summed E-state index contributed by atoms with van der Waals surface area (Å²) in [6.45, 7) is 3.11. The second-order valence-electron chi connectivity index (χ2n) is 4.43. The average molecular weight is 352 g/mol. The van der Waals surface area contributed by atoms with Gasteiger partial charge in [-0.25, -0.2) is 0 Å². The Bertz CT molecular complexity index is 599. The molecule has 2 aromatic carbocycles. The van der Waals surface area contributed by atoms with Gasteiger partial charge in [0.15, 0.2) is 11.5 Å². The lowest BCUT2D eigenvalue weighted by molar-refractivity contribution is 0.308. The molecule has 0 saturated heterocycles. The molecule has 2 N–H and O–H groups in total. The smallest absolute Gasteiger partial charge is 0.166 e. The first-order valence-electron chi connectivity index (χ1n) is 6.66. The number of rotatable bonds is 6. The molecule has 4 nitrogen and oxygen atoms in total. The van der Waals surface area contributed by atoms with Gasteiger partial charge in [-0.05, 0) is 43.3 Å². The number of halogens is 1. The molecule has 0 heterocycles. The first kappa shape index (κ1) is 15.5. The lowest BCUT2D eigenvalue weighted by Gasteiger charge is -2.16. The molecular weight excluding hydrogens is 334 g/mol. The quantitative estimate of drug-likeness (QED) is 0.766. The number of methoxy groups -OCH3 is 1. The van der Waals surface area contributed by atoms with Crippen LogP contribution in [0.2, 0.25) is 0 Å². The van der Waals surface area contributed by atoms with Gasteiger partial charge in [-0.15, -0.1) is 0 Å². The van der Waals surface area contributed by atoms with Crippen molar-refractivity contribution in [1.29, 1.82) is 0 Å². The molecule has 0 aliphatic heterocycles. The highest BCUT2D eigenvalue weighted by atomic mass is 79.9. The van der Waals surface area contributed by atoms with Crippen molar-refractivity contribution < 1.29 is 14.6 Å². The number of phenolic OH excluding ortho intramolecular Hbond substituents is 1. The Hall–Kier alpha value is -1.88. The molecule has 0 radical (unpaired) electrons. The van der Waals surface area contributed by atoms with Gasteiger partial charge < -0.3 is 19.9 Å². The summed E-state index contributed by atoms with van der Waals surface area (Å²) in [5, 5.41) is 12.6. The largest absolute Gasteiger partial charge is 0.508 e. The van der Waals surface area contributed by atoms with Gasteiger partial charge in [0.1, 0.15) is 5.75 Å². The van der Waals surface area contributed by atoms with E-state index in [1.54, 1.807) is 19.2 Å². The van der Waals surface area contributed by atoms with E-state index < -0.39 is 0 Å². The number of benzene rings is 2. The Morgan fingerprint density at radius 3 is 2.52 bits per heavy atom. The van der Waals surface area contributed by atoms with Gasteiger partial charge in [0.05, 0.1) is 13.7 Å². The van der Waals surface area contributed by atoms with Gasteiger partial charge >= 0.3 is 0 Å². The number of aromatic hydroxyl groups is 1. The monoisotopic (exact) mass is 351 g/mol. The summed E-state index contributed by atoms with van der Waals surface area (Å²) in [4.78, 5) is 0. The van der Waals surface area contributed by atoms with E-state index in [0.717, 1.165) is 21.5 Å². The fourth-order valence-corrected chi connectivity index (χ4v) is 2.47. The van der Waals surface area contributed by atoms with Crippen molar-refractivity contribution >= 4 is 21.6 Å². The van der Waals surface area contributed by atoms with Gasteiger partial charge in [-0.2, -0.15) is 0 Å². The standard InChI is InChI=1S/C16H18BrNO3/c1-3-21-16-11(8-12(17)9-15(16)20-2)10-18-13-4-6-14(19)7-5-13/h4-9,18-19H,3,10H2,1-2H3. The molecule has 2 rings (SSSR count). The lowest BCUT2D eigenvalue weighted by Crippen LogP contribution is -2.05. The van der Waals surface area contributed by atoms with Crippen LogP contribution in [0.1, 0.15) is 12.5 Å². The van der Waals surface area contributed by atoms with Crippen molar-refractivity contribution in [2.45, 2.75) is 13.5 Å². The van der Waals surface area contributed by atoms with Crippen LogP contribution in [-0.2, 0) is 6.54 Å². The summed E-state index contributed by atoms with van der Waals surface area (Å²) in [6, 6.07) is 10.8. The van der Waals surface area contributed by atoms with Crippen molar-refractivity contribution in [1.82, 2.24) is 0 Å². The fraction of sp³-hybridized carbons (Fsp3) is 0.250. The summed E-state index contributed by atoms with van der Waals surface area (Å²) in [6.07, 6.45) is 0. The van der Waals surface area contributed by atoms with Crippen LogP contribution in [0.3, 0.4) is 0 Å². The zero-order valence-electron chi connectivity index (χ0n) is 12.0. The fourth-order valence-electron chi connectivity index (χ4n) is 1.99. The normalized spacial score (nSPS) is 10.2. The highest BCUT2D eigenvalue weighted by Crippen LogP contribution is 2.35. The van der Waals surface area contributed by atoms with Crippen molar-refractivity contribution in [3.05, 3.63) is 46.4 Å². The molecule has 0 aliphatic carbocycles. The number of phenols is 1. The van der Waals surface area contributed by atoms with E-state index in [-0.39, 0.29) is 5.75 Å². The summed E-state index contributed by atoms with van der Waals surface area (Å²) < 4.78 is 12.0. The number of hydrogen-bond acceptors (Lipinski definition) is 4. The molecule has 0 spiro atoms. The Balaban J connectivity index is 2.21. The number of hydrogen-bond donors (Lipinski definition) is 2. The molecule has 2 aromatic rings. The highest BCUT2D eigenvalue weighted by molar-refractivity contribution is 9.10. The zero-order chi connectivity index (χ0) is 15.2. The molecule has 0 saturated carbocycles. The lowest BCUT2D eigenvalue weighted by atomic mass is 10.1. The SMILES string of the molecule is CCOc1c(CNc2ccc(O)cc2)cc(Br)cc1OC. The van der Waals surface area contributed by atoms with E-state index in [1.807, 2.05) is 31.2 Å². The van der Waals surface area contributed by atoms with E-state index in [9.17, 15) is 5.11 Å². The molecule has 0 aliphatic rings. The molecule has 0 atom stereocenters. The third kappa shape index (κ3) is 4.04. The molecule has 0 fully saturated rings. The Kier molecular flexibility index (Phi) is 5.33. The summed E-state index contributed by atoms with van der Waals surface area (Å²) >= 11 is 3.48. The molecule has 0 aromatic heterocycles. The predicted octanol–water partition coefficient (Wildman–Crippen LogP) is 4.17. The van der Waals surface area contributed by atoms with E-state index in [0.29, 0.717) is 18.9 Å². The first-order valence-corrected chi connectivity index (χ1v) is 7.45. The van der Waals surface area contributed by atoms with Crippen LogP contribution in [0.5, 0.6) is 17.2 Å². The van der Waals surface area contributed by atoms with Crippen LogP contribution in [0.15, 0.2) is 40.9 Å². The van der Waals surface area contributed by atoms with Crippen LogP contribution < -0.4 is 14.8 Å². The predicted molar refractivity (Wildman–Crippen MR) is 87.3 cm³/mol. The van der Waals surface area contributed by atoms with E-state index in [2.05, 4.69) is 21.2 Å². The summed E-state index contributed by atoms with van der Waals surface area (Å²) in [7, 11) is 1.63. The third-order valence-corrected chi connectivity index (χ3v) is 3.41. The second kappa shape index (κ2) is 7.22. The topological polar surface area (TPSA) is 50.7 Å². The van der Waals surface area contributed by atoms with Crippen molar-refractivity contribution in [3.8, 4) is 17.2 Å². The van der Waals surface area contributed by atoms with E-state index in [1.165, 1.54) is 0 Å². The van der Waals surface area contributed by atoms with Crippen LogP contribution in [0, 0.1) is 0 Å². The molecule has 21 heavy (non-hydrogen) atoms. The van der Waals surface area contributed by atoms with Crippen molar-refractivity contribution in [2.24, 2.45) is 0 Å². The van der Waals surface area contributed by atoms with Crippen LogP contribution in [-0.4, -0.2) is 18.8 Å². The number of nitrogens with one attached hydrogen (secondary N) is 1. The minimum Gasteiger partial charge on any atom is -0.508 e. The Labute approximate surface area is 132 Å². The zero-order valence-corrected chi connectivity index (χ0v) is 13.6. The van der Waals surface area contributed by atoms with Crippen molar-refractivity contribution in [2.75, 3.05) is 19.0 Å². The van der Waals surface area contributed by atoms with Gasteiger partial charge in [0.25, 0.3) is 0 Å². The van der Waals surface area contributed by atoms with Crippen LogP contribution >= 0.6 is 15.9 Å². The first-order chi connectivity index (χ1) is 10.1. The maximum absolute atomic E-state index is 9.29. The maximum Gasteiger partial charge on any atom is 0.166 e. The van der Waals surface area contributed by atoms with E-state index >= 15 is 0 Å². The number of ether oxygens (including phenoxy) is 2. The third-order valence-electron chi connectivity index (χ3n) is 2.96. The van der Waals surface area contributed by atoms with Crippen LogP contribution in [0.25, 0.3) is 0 Å². The molecule has 112 valence electrons. The van der Waals surface area contributed by atoms with E-state index in [4.69, 9.17) is 9.47 Å². The minimum atomic E-state index is 0.250.